The lowest BCUT2D eigenvalue weighted by Gasteiger charge is -2.20. The summed E-state index contributed by atoms with van der Waals surface area (Å²) in [5.41, 5.74) is 1.44. The summed E-state index contributed by atoms with van der Waals surface area (Å²) >= 11 is 0.700. The number of nitrogens with zero attached hydrogens (tertiary/aromatic N) is 1. The number of rotatable bonds is 3. The standard InChI is InChI=1S/C12H16N2O2S/c13-11-7-10(17-15)1-2-12(11)14-8-9-3-5-16-6-4-9/h1-2,7,9,13,15H,3-6,8H2/p+1. The smallest absolute Gasteiger partial charge is 0.223 e. The van der Waals surface area contributed by atoms with Gasteiger partial charge >= 0.3 is 0 Å². The quantitative estimate of drug-likeness (QED) is 0.575. The topological polar surface area (TPSA) is 67.4 Å². The minimum atomic E-state index is 0.607. The van der Waals surface area contributed by atoms with Crippen LogP contribution < -0.4 is 5.41 Å². The van der Waals surface area contributed by atoms with Gasteiger partial charge in [0.05, 0.1) is 0 Å². The van der Waals surface area contributed by atoms with E-state index in [1.54, 1.807) is 6.08 Å². The molecule has 3 N–H and O–H groups in total. The van der Waals surface area contributed by atoms with Crippen molar-refractivity contribution in [2.45, 2.75) is 12.8 Å². The first-order valence-corrected chi connectivity index (χ1v) is 6.53. The summed E-state index contributed by atoms with van der Waals surface area (Å²) in [7, 11) is 0. The summed E-state index contributed by atoms with van der Waals surface area (Å²) < 4.78 is 14.2. The first-order chi connectivity index (χ1) is 8.29. The third kappa shape index (κ3) is 3.52. The van der Waals surface area contributed by atoms with E-state index in [0.717, 1.165) is 43.2 Å². The van der Waals surface area contributed by atoms with E-state index in [9.17, 15) is 0 Å². The van der Waals surface area contributed by atoms with Crippen LogP contribution in [0.4, 0.5) is 0 Å². The Labute approximate surface area is 105 Å². The Kier molecular flexibility index (Phi) is 4.53. The van der Waals surface area contributed by atoms with E-state index >= 15 is 0 Å². The molecule has 0 unspecified atom stereocenters. The van der Waals surface area contributed by atoms with Crippen LogP contribution in [0.15, 0.2) is 28.1 Å². The number of ether oxygens (including phenoxy) is 1. The summed E-state index contributed by atoms with van der Waals surface area (Å²) in [5, 5.41) is 5.87. The molecule has 2 aliphatic rings. The molecule has 0 radical (unpaired) electrons. The lowest BCUT2D eigenvalue weighted by molar-refractivity contribution is -0.108. The van der Waals surface area contributed by atoms with Crippen molar-refractivity contribution in [3.63, 3.8) is 0 Å². The Morgan fingerprint density at radius 2 is 2.18 bits per heavy atom. The van der Waals surface area contributed by atoms with Crippen LogP contribution in [-0.4, -0.2) is 35.7 Å². The van der Waals surface area contributed by atoms with Crippen LogP contribution in [0.25, 0.3) is 0 Å². The van der Waals surface area contributed by atoms with Crippen molar-refractivity contribution >= 4 is 23.5 Å². The second-order valence-electron chi connectivity index (χ2n) is 4.21. The van der Waals surface area contributed by atoms with Gasteiger partial charge in [0.25, 0.3) is 0 Å². The van der Waals surface area contributed by atoms with E-state index in [4.69, 9.17) is 14.7 Å². The van der Waals surface area contributed by atoms with E-state index in [0.29, 0.717) is 23.7 Å². The van der Waals surface area contributed by atoms with E-state index in [-0.39, 0.29) is 0 Å². The molecule has 4 nitrogen and oxygen atoms in total. The Hall–Kier alpha value is -0.910. The molecule has 0 aromatic rings. The molecule has 2 rings (SSSR count). The van der Waals surface area contributed by atoms with Crippen molar-refractivity contribution < 1.29 is 14.7 Å². The van der Waals surface area contributed by atoms with Crippen LogP contribution in [0, 0.1) is 5.92 Å². The second-order valence-corrected chi connectivity index (χ2v) is 4.86. The van der Waals surface area contributed by atoms with Crippen LogP contribution in [0.1, 0.15) is 12.8 Å². The average molecular weight is 253 g/mol. The fraction of sp³-hybridized carbons (Fsp3) is 0.500. The number of allylic oxidation sites excluding steroid dienone is 3. The summed E-state index contributed by atoms with van der Waals surface area (Å²) in [6, 6.07) is 0. The molecule has 0 amide bonds. The van der Waals surface area contributed by atoms with Crippen molar-refractivity contribution in [2.75, 3.05) is 19.8 Å². The number of aliphatic imine (C=N–C) groups is 1. The fourth-order valence-electron chi connectivity index (χ4n) is 1.89. The third-order valence-electron chi connectivity index (χ3n) is 2.97. The van der Waals surface area contributed by atoms with E-state index < -0.39 is 0 Å². The highest BCUT2D eigenvalue weighted by Gasteiger charge is 2.16. The maximum atomic E-state index is 8.90. The maximum absolute atomic E-state index is 8.90. The Morgan fingerprint density at radius 3 is 2.82 bits per heavy atom. The highest BCUT2D eigenvalue weighted by atomic mass is 32.2. The summed E-state index contributed by atoms with van der Waals surface area (Å²) in [4.78, 5) is 5.28. The highest BCUT2D eigenvalue weighted by Crippen LogP contribution is 2.17. The van der Waals surface area contributed by atoms with Gasteiger partial charge in [0.15, 0.2) is 0 Å². The van der Waals surface area contributed by atoms with Crippen molar-refractivity contribution in [3.05, 3.63) is 23.1 Å². The summed E-state index contributed by atoms with van der Waals surface area (Å²) in [5.74, 6) is 0.607. The van der Waals surface area contributed by atoms with Crippen LogP contribution >= 0.6 is 12.0 Å². The van der Waals surface area contributed by atoms with Gasteiger partial charge < -0.3 is 9.29 Å². The Bertz CT molecular complexity index is 382. The van der Waals surface area contributed by atoms with Crippen molar-refractivity contribution in [1.82, 2.24) is 0 Å². The molecule has 1 heterocycles. The molecule has 1 fully saturated rings. The Balaban J connectivity index is 1.92. The zero-order chi connectivity index (χ0) is 12.1. The van der Waals surface area contributed by atoms with Crippen molar-refractivity contribution in [2.24, 2.45) is 10.9 Å². The third-order valence-corrected chi connectivity index (χ3v) is 3.43. The Morgan fingerprint density at radius 1 is 1.41 bits per heavy atom. The van der Waals surface area contributed by atoms with Crippen LogP contribution in [-0.2, 0) is 4.74 Å². The summed E-state index contributed by atoms with van der Waals surface area (Å²) in [6.07, 6.45) is 7.58. The molecule has 92 valence electrons. The first-order valence-electron chi connectivity index (χ1n) is 5.76. The maximum Gasteiger partial charge on any atom is 0.223 e. The van der Waals surface area contributed by atoms with Gasteiger partial charge in [-0.1, -0.05) is 0 Å². The molecule has 1 aliphatic carbocycles. The number of hydrogen-bond donors (Lipinski definition) is 2. The molecule has 0 atom stereocenters. The molecule has 0 spiro atoms. The van der Waals surface area contributed by atoms with Gasteiger partial charge in [-0.3, -0.25) is 10.4 Å². The molecule has 1 aliphatic heterocycles. The van der Waals surface area contributed by atoms with Gasteiger partial charge in [0.2, 0.25) is 5.71 Å². The summed E-state index contributed by atoms with van der Waals surface area (Å²) in [6.45, 7) is 2.49. The van der Waals surface area contributed by atoms with Crippen molar-refractivity contribution in [3.8, 4) is 0 Å². The van der Waals surface area contributed by atoms with E-state index in [1.807, 2.05) is 12.2 Å². The largest absolute Gasteiger partial charge is 0.381 e. The average Bonchev–Trinajstić information content (AvgIpc) is 2.38. The van der Waals surface area contributed by atoms with Gasteiger partial charge in [0.1, 0.15) is 5.71 Å². The predicted octanol–water partition coefficient (Wildman–Crippen LogP) is 0.714. The molecule has 17 heavy (non-hydrogen) atoms. The van der Waals surface area contributed by atoms with Crippen molar-refractivity contribution in [1.29, 1.82) is 0 Å². The number of hydrogen-bond acceptors (Lipinski definition) is 4. The van der Waals surface area contributed by atoms with Gasteiger partial charge in [-0.15, -0.1) is 0 Å². The molecule has 5 heteroatoms. The zero-order valence-electron chi connectivity index (χ0n) is 9.63. The lowest BCUT2D eigenvalue weighted by atomic mass is 10.0. The predicted molar refractivity (Wildman–Crippen MR) is 70.2 cm³/mol. The first kappa shape index (κ1) is 12.5. The van der Waals surface area contributed by atoms with E-state index in [1.165, 1.54) is 0 Å². The molecular weight excluding hydrogens is 236 g/mol. The molecule has 0 aromatic heterocycles. The molecule has 0 aromatic carbocycles. The van der Waals surface area contributed by atoms with E-state index in [2.05, 4.69) is 4.99 Å². The monoisotopic (exact) mass is 253 g/mol. The number of nitrogens with two attached hydrogens (primary N) is 1. The molecule has 0 saturated carbocycles. The fourth-order valence-corrected chi connectivity index (χ4v) is 2.20. The van der Waals surface area contributed by atoms with Gasteiger partial charge in [-0.2, -0.15) is 0 Å². The molecule has 0 bridgehead atoms. The van der Waals surface area contributed by atoms with Gasteiger partial charge in [0, 0.05) is 42.8 Å². The molecular formula is C12H17N2O2S+. The van der Waals surface area contributed by atoms with Gasteiger partial charge in [-0.25, -0.2) is 0 Å². The minimum absolute atomic E-state index is 0.607. The highest BCUT2D eigenvalue weighted by molar-refractivity contribution is 7.97. The second kappa shape index (κ2) is 6.14. The molecule has 1 saturated heterocycles. The lowest BCUT2D eigenvalue weighted by Crippen LogP contribution is -2.44. The SMILES string of the molecule is [NH2+]=C1C=C(SO)C=CC1=NCC1CCOCC1. The zero-order valence-corrected chi connectivity index (χ0v) is 10.4. The van der Waals surface area contributed by atoms with Gasteiger partial charge in [-0.05, 0) is 30.9 Å². The minimum Gasteiger partial charge on any atom is -0.381 e. The van der Waals surface area contributed by atoms with Crippen LogP contribution in [0.2, 0.25) is 0 Å². The van der Waals surface area contributed by atoms with Crippen LogP contribution in [0.5, 0.6) is 0 Å². The normalized spacial score (nSPS) is 24.2. The van der Waals surface area contributed by atoms with Crippen LogP contribution in [0.3, 0.4) is 0 Å².